The minimum atomic E-state index is -1.10. The number of benzene rings is 1. The van der Waals surface area contributed by atoms with Gasteiger partial charge in [-0.2, -0.15) is 11.3 Å². The van der Waals surface area contributed by atoms with Gasteiger partial charge in [0.15, 0.2) is 0 Å². The van der Waals surface area contributed by atoms with E-state index < -0.39 is 11.7 Å². The maximum Gasteiger partial charge on any atom is 0.264 e. The van der Waals surface area contributed by atoms with Gasteiger partial charge >= 0.3 is 0 Å². The maximum absolute atomic E-state index is 12.2. The van der Waals surface area contributed by atoms with Crippen molar-refractivity contribution in [3.05, 3.63) is 58.3 Å². The molecule has 0 aliphatic carbocycles. The average molecular weight is 330 g/mol. The van der Waals surface area contributed by atoms with E-state index in [1.807, 2.05) is 47.2 Å². The van der Waals surface area contributed by atoms with Crippen molar-refractivity contribution in [2.75, 3.05) is 6.54 Å². The Balaban J connectivity index is 1.55. The molecule has 1 amide bonds. The number of hydrogen-bond acceptors (Lipinski definition) is 5. The Kier molecular flexibility index (Phi) is 4.45. The van der Waals surface area contributed by atoms with Crippen molar-refractivity contribution in [2.45, 2.75) is 25.0 Å². The fraction of sp³-hybridized carbons (Fsp3) is 0.294. The fourth-order valence-corrected chi connectivity index (χ4v) is 3.15. The number of carbonyl (C=O) groups is 1. The first-order chi connectivity index (χ1) is 11.1. The molecule has 1 aromatic carbocycles. The van der Waals surface area contributed by atoms with E-state index in [2.05, 4.69) is 10.5 Å². The first kappa shape index (κ1) is 15.7. The standard InChI is InChI=1S/C17H18N2O3S/c1-17(21,13-7-8-23-10-13)11-18-16(20)15-9-14(19-22-15)12-5-3-2-4-6-12/h2-8,10,15,21H,9,11H2,1H3,(H,18,20)/t15-,17-/m1/s1. The van der Waals surface area contributed by atoms with Gasteiger partial charge < -0.3 is 15.3 Å². The van der Waals surface area contributed by atoms with Crippen LogP contribution in [0.15, 0.2) is 52.3 Å². The van der Waals surface area contributed by atoms with E-state index in [-0.39, 0.29) is 12.5 Å². The minimum absolute atomic E-state index is 0.128. The highest BCUT2D eigenvalue weighted by Gasteiger charge is 2.31. The smallest absolute Gasteiger partial charge is 0.264 e. The lowest BCUT2D eigenvalue weighted by Gasteiger charge is -2.23. The Morgan fingerprint density at radius 2 is 2.22 bits per heavy atom. The monoisotopic (exact) mass is 330 g/mol. The van der Waals surface area contributed by atoms with Gasteiger partial charge in [0, 0.05) is 6.42 Å². The summed E-state index contributed by atoms with van der Waals surface area (Å²) in [7, 11) is 0. The molecule has 0 fully saturated rings. The second-order valence-corrected chi connectivity index (χ2v) is 6.49. The predicted molar refractivity (Wildman–Crippen MR) is 89.4 cm³/mol. The zero-order chi connectivity index (χ0) is 16.3. The number of aliphatic hydroxyl groups is 1. The Hall–Kier alpha value is -2.18. The maximum atomic E-state index is 12.2. The molecule has 5 nitrogen and oxygen atoms in total. The van der Waals surface area contributed by atoms with Gasteiger partial charge in [-0.05, 0) is 34.9 Å². The van der Waals surface area contributed by atoms with Gasteiger partial charge in [-0.1, -0.05) is 35.5 Å². The first-order valence-corrected chi connectivity index (χ1v) is 8.31. The minimum Gasteiger partial charge on any atom is -0.384 e. The molecule has 0 bridgehead atoms. The lowest BCUT2D eigenvalue weighted by atomic mass is 9.99. The van der Waals surface area contributed by atoms with Crippen LogP contribution in [0.4, 0.5) is 0 Å². The molecule has 0 radical (unpaired) electrons. The summed E-state index contributed by atoms with van der Waals surface area (Å²) < 4.78 is 0. The summed E-state index contributed by atoms with van der Waals surface area (Å²) in [5.74, 6) is -0.268. The van der Waals surface area contributed by atoms with Gasteiger partial charge in [0.05, 0.1) is 12.3 Å². The van der Waals surface area contributed by atoms with Crippen LogP contribution in [0.25, 0.3) is 0 Å². The number of nitrogens with one attached hydrogen (secondary N) is 1. The van der Waals surface area contributed by atoms with Crippen molar-refractivity contribution in [2.24, 2.45) is 5.16 Å². The molecule has 1 aliphatic heterocycles. The molecular formula is C17H18N2O3S. The second-order valence-electron chi connectivity index (χ2n) is 5.71. The van der Waals surface area contributed by atoms with Crippen LogP contribution in [0.2, 0.25) is 0 Å². The van der Waals surface area contributed by atoms with Crippen LogP contribution in [0.5, 0.6) is 0 Å². The van der Waals surface area contributed by atoms with Crippen LogP contribution in [0.1, 0.15) is 24.5 Å². The molecule has 1 aliphatic rings. The highest BCUT2D eigenvalue weighted by atomic mass is 32.1. The molecular weight excluding hydrogens is 312 g/mol. The molecule has 2 heterocycles. The number of oxime groups is 1. The lowest BCUT2D eigenvalue weighted by Crippen LogP contribution is -2.42. The van der Waals surface area contributed by atoms with E-state index in [9.17, 15) is 9.90 Å². The third kappa shape index (κ3) is 3.60. The number of amides is 1. The summed E-state index contributed by atoms with van der Waals surface area (Å²) in [6.07, 6.45) is -0.223. The number of hydrogen-bond donors (Lipinski definition) is 2. The molecule has 0 unspecified atom stereocenters. The Morgan fingerprint density at radius 1 is 1.43 bits per heavy atom. The highest BCUT2D eigenvalue weighted by Crippen LogP contribution is 2.22. The number of rotatable bonds is 5. The van der Waals surface area contributed by atoms with E-state index >= 15 is 0 Å². The van der Waals surface area contributed by atoms with Crippen LogP contribution < -0.4 is 5.32 Å². The normalized spacial score (nSPS) is 19.6. The first-order valence-electron chi connectivity index (χ1n) is 7.37. The second kappa shape index (κ2) is 6.52. The van der Waals surface area contributed by atoms with E-state index in [4.69, 9.17) is 4.84 Å². The molecule has 3 rings (SSSR count). The van der Waals surface area contributed by atoms with Gasteiger partial charge in [-0.3, -0.25) is 4.79 Å². The highest BCUT2D eigenvalue weighted by molar-refractivity contribution is 7.08. The van der Waals surface area contributed by atoms with Gasteiger partial charge in [0.25, 0.3) is 5.91 Å². The number of nitrogens with zero attached hydrogens (tertiary/aromatic N) is 1. The molecule has 6 heteroatoms. The van der Waals surface area contributed by atoms with Crippen LogP contribution >= 0.6 is 11.3 Å². The topological polar surface area (TPSA) is 70.9 Å². The van der Waals surface area contributed by atoms with Crippen LogP contribution in [-0.4, -0.2) is 29.4 Å². The predicted octanol–water partition coefficient (Wildman–Crippen LogP) is 2.26. The molecule has 2 atom stereocenters. The van der Waals surface area contributed by atoms with E-state index in [0.29, 0.717) is 6.42 Å². The van der Waals surface area contributed by atoms with Gasteiger partial charge in [0.1, 0.15) is 5.60 Å². The van der Waals surface area contributed by atoms with Crippen LogP contribution in [0.3, 0.4) is 0 Å². The third-order valence-electron chi connectivity index (χ3n) is 3.82. The molecule has 120 valence electrons. The van der Waals surface area contributed by atoms with Gasteiger partial charge in [0.2, 0.25) is 6.10 Å². The average Bonchev–Trinajstić information content (AvgIpc) is 3.25. The summed E-state index contributed by atoms with van der Waals surface area (Å²) >= 11 is 1.51. The fourth-order valence-electron chi connectivity index (χ4n) is 2.37. The Morgan fingerprint density at radius 3 is 2.91 bits per heavy atom. The van der Waals surface area contributed by atoms with Gasteiger partial charge in [-0.25, -0.2) is 0 Å². The summed E-state index contributed by atoms with van der Waals surface area (Å²) in [4.78, 5) is 17.5. The summed E-state index contributed by atoms with van der Waals surface area (Å²) in [6.45, 7) is 1.81. The van der Waals surface area contributed by atoms with Crippen molar-refractivity contribution >= 4 is 23.0 Å². The Labute approximate surface area is 138 Å². The van der Waals surface area contributed by atoms with Crippen molar-refractivity contribution in [1.82, 2.24) is 5.32 Å². The molecule has 1 aromatic heterocycles. The van der Waals surface area contributed by atoms with Gasteiger partial charge in [-0.15, -0.1) is 0 Å². The summed E-state index contributed by atoms with van der Waals surface area (Å²) in [5, 5.41) is 20.9. The SMILES string of the molecule is C[C@@](O)(CNC(=O)[C@H]1CC(c2ccccc2)=NO1)c1ccsc1. The molecule has 2 N–H and O–H groups in total. The molecule has 0 saturated carbocycles. The quantitative estimate of drug-likeness (QED) is 0.883. The van der Waals surface area contributed by atoms with Crippen LogP contribution in [0, 0.1) is 0 Å². The number of thiophene rings is 1. The molecule has 0 saturated heterocycles. The zero-order valence-electron chi connectivity index (χ0n) is 12.7. The van der Waals surface area contributed by atoms with E-state index in [1.54, 1.807) is 6.92 Å². The Bertz CT molecular complexity index is 696. The molecule has 2 aromatic rings. The number of carbonyl (C=O) groups excluding carboxylic acids is 1. The molecule has 23 heavy (non-hydrogen) atoms. The van der Waals surface area contributed by atoms with Crippen molar-refractivity contribution in [3.8, 4) is 0 Å². The van der Waals surface area contributed by atoms with Crippen molar-refractivity contribution in [1.29, 1.82) is 0 Å². The third-order valence-corrected chi connectivity index (χ3v) is 4.50. The van der Waals surface area contributed by atoms with Crippen molar-refractivity contribution < 1.29 is 14.7 Å². The zero-order valence-corrected chi connectivity index (χ0v) is 13.5. The van der Waals surface area contributed by atoms with Crippen LogP contribution in [-0.2, 0) is 15.2 Å². The van der Waals surface area contributed by atoms with Crippen molar-refractivity contribution in [3.63, 3.8) is 0 Å². The summed E-state index contributed by atoms with van der Waals surface area (Å²) in [5.41, 5.74) is 1.40. The largest absolute Gasteiger partial charge is 0.384 e. The van der Waals surface area contributed by atoms with E-state index in [0.717, 1.165) is 16.8 Å². The lowest BCUT2D eigenvalue weighted by molar-refractivity contribution is -0.132. The van der Waals surface area contributed by atoms with E-state index in [1.165, 1.54) is 11.3 Å². The summed E-state index contributed by atoms with van der Waals surface area (Å²) in [6, 6.07) is 11.5. The molecule has 0 spiro atoms.